The van der Waals surface area contributed by atoms with Crippen molar-refractivity contribution in [2.75, 3.05) is 25.0 Å². The fraction of sp³-hybridized carbons (Fsp3) is 0.600. The molecule has 0 bridgehead atoms. The van der Waals surface area contributed by atoms with Crippen molar-refractivity contribution < 1.29 is 9.59 Å². The summed E-state index contributed by atoms with van der Waals surface area (Å²) in [6.07, 6.45) is 7.65. The Morgan fingerprint density at radius 1 is 1.15 bits per heavy atom. The first-order valence-electron chi connectivity index (χ1n) is 10.1. The second kappa shape index (κ2) is 8.00. The van der Waals surface area contributed by atoms with Gasteiger partial charge in [0.15, 0.2) is 0 Å². The Hall–Kier alpha value is -1.89. The number of carbonyl (C=O) groups excluding carboxylic acids is 2. The molecule has 3 N–H and O–H groups in total. The molecule has 27 heavy (non-hydrogen) atoms. The van der Waals surface area contributed by atoms with Gasteiger partial charge in [-0.25, -0.2) is 9.59 Å². The molecule has 0 saturated carbocycles. The molecule has 1 fully saturated rings. The van der Waals surface area contributed by atoms with Crippen molar-refractivity contribution in [3.8, 4) is 0 Å². The van der Waals surface area contributed by atoms with Crippen LogP contribution in [0, 0.1) is 0 Å². The molecule has 0 radical (unpaired) electrons. The summed E-state index contributed by atoms with van der Waals surface area (Å²) in [5.41, 5.74) is 6.61. The van der Waals surface area contributed by atoms with Gasteiger partial charge in [0.05, 0.1) is 0 Å². The molecule has 7 heteroatoms. The highest BCUT2D eigenvalue weighted by molar-refractivity contribution is 7.98. The lowest BCUT2D eigenvalue weighted by Gasteiger charge is -2.18. The van der Waals surface area contributed by atoms with Crippen LogP contribution in [0.3, 0.4) is 0 Å². The minimum Gasteiger partial charge on any atom is -0.338 e. The Balaban J connectivity index is 1.34. The van der Waals surface area contributed by atoms with Crippen LogP contribution in [0.4, 0.5) is 15.3 Å². The molecule has 1 heterocycles. The van der Waals surface area contributed by atoms with Gasteiger partial charge in [0.2, 0.25) is 0 Å². The summed E-state index contributed by atoms with van der Waals surface area (Å²) >= 11 is 1.43. The number of fused-ring (bicyclic) bond motifs is 2. The zero-order valence-electron chi connectivity index (χ0n) is 15.9. The third kappa shape index (κ3) is 3.88. The van der Waals surface area contributed by atoms with Crippen molar-refractivity contribution >= 4 is 29.7 Å². The van der Waals surface area contributed by atoms with Gasteiger partial charge in [-0.15, -0.1) is 0 Å². The lowest BCUT2D eigenvalue weighted by atomic mass is 9.99. The van der Waals surface area contributed by atoms with Gasteiger partial charge in [-0.3, -0.25) is 4.72 Å². The number of carbonyl (C=O) groups is 2. The molecular weight excluding hydrogens is 360 g/mol. The van der Waals surface area contributed by atoms with Crippen LogP contribution in [0.1, 0.15) is 48.4 Å². The van der Waals surface area contributed by atoms with E-state index in [1.165, 1.54) is 47.0 Å². The number of likely N-dealkylation sites (tertiary alicyclic amines) is 1. The van der Waals surface area contributed by atoms with Crippen molar-refractivity contribution in [3.63, 3.8) is 0 Å². The normalized spacial score (nSPS) is 20.3. The number of anilines is 1. The minimum absolute atomic E-state index is 0.0135. The average Bonchev–Trinajstić information content (AvgIpc) is 3.40. The number of aryl methyl sites for hydroxylation is 2. The number of nitrogens with one attached hydrogen (secondary N) is 3. The second-order valence-electron chi connectivity index (χ2n) is 7.60. The summed E-state index contributed by atoms with van der Waals surface area (Å²) in [5.74, 6) is 0. The standard InChI is InChI=1S/C20H28N4O2S/c1-2-21-20(26)24-10-9-15(12-24)27-23-19(25)22-18-16-7-3-5-13(16)11-14-6-4-8-17(14)18/h11,15H,2-10,12H2,1H3,(H,21,26)(H2,22,23,25). The van der Waals surface area contributed by atoms with E-state index in [0.29, 0.717) is 13.1 Å². The predicted octanol–water partition coefficient (Wildman–Crippen LogP) is 3.24. The molecule has 6 nitrogen and oxygen atoms in total. The summed E-state index contributed by atoms with van der Waals surface area (Å²) in [4.78, 5) is 26.3. The number of hydrogen-bond acceptors (Lipinski definition) is 3. The maximum Gasteiger partial charge on any atom is 0.329 e. The van der Waals surface area contributed by atoms with E-state index in [1.807, 2.05) is 11.8 Å². The molecule has 146 valence electrons. The van der Waals surface area contributed by atoms with Crippen LogP contribution in [0.5, 0.6) is 0 Å². The average molecular weight is 389 g/mol. The van der Waals surface area contributed by atoms with Crippen molar-refractivity contribution in [1.29, 1.82) is 0 Å². The monoisotopic (exact) mass is 388 g/mol. The molecule has 1 saturated heterocycles. The summed E-state index contributed by atoms with van der Waals surface area (Å²) in [7, 11) is 0. The predicted molar refractivity (Wildman–Crippen MR) is 109 cm³/mol. The molecule has 1 atom stereocenters. The number of benzene rings is 1. The van der Waals surface area contributed by atoms with Crippen LogP contribution in [0.2, 0.25) is 0 Å². The van der Waals surface area contributed by atoms with Crippen LogP contribution < -0.4 is 15.4 Å². The smallest absolute Gasteiger partial charge is 0.329 e. The first kappa shape index (κ1) is 18.5. The number of urea groups is 2. The quantitative estimate of drug-likeness (QED) is 0.694. The molecular formula is C20H28N4O2S. The van der Waals surface area contributed by atoms with Gasteiger partial charge in [-0.05, 0) is 86.1 Å². The van der Waals surface area contributed by atoms with Crippen molar-refractivity contribution in [2.24, 2.45) is 0 Å². The minimum atomic E-state index is -0.147. The van der Waals surface area contributed by atoms with E-state index in [-0.39, 0.29) is 17.3 Å². The third-order valence-electron chi connectivity index (χ3n) is 5.79. The molecule has 3 aliphatic rings. The summed E-state index contributed by atoms with van der Waals surface area (Å²) in [6, 6.07) is 2.21. The maximum atomic E-state index is 12.6. The lowest BCUT2D eigenvalue weighted by Crippen LogP contribution is -2.38. The van der Waals surface area contributed by atoms with Gasteiger partial charge in [0, 0.05) is 30.6 Å². The fourth-order valence-electron chi connectivity index (χ4n) is 4.51. The molecule has 4 rings (SSSR count). The van der Waals surface area contributed by atoms with E-state index in [4.69, 9.17) is 0 Å². The van der Waals surface area contributed by atoms with Crippen molar-refractivity contribution in [2.45, 2.75) is 57.1 Å². The van der Waals surface area contributed by atoms with Crippen LogP contribution in [-0.2, 0) is 25.7 Å². The van der Waals surface area contributed by atoms with E-state index in [9.17, 15) is 9.59 Å². The van der Waals surface area contributed by atoms with E-state index in [0.717, 1.165) is 44.3 Å². The number of hydrogen-bond donors (Lipinski definition) is 3. The Bertz CT molecular complexity index is 720. The van der Waals surface area contributed by atoms with Gasteiger partial charge in [-0.1, -0.05) is 6.07 Å². The third-order valence-corrected chi connectivity index (χ3v) is 6.81. The first-order valence-corrected chi connectivity index (χ1v) is 11.0. The Morgan fingerprint density at radius 2 is 1.85 bits per heavy atom. The van der Waals surface area contributed by atoms with Crippen molar-refractivity contribution in [3.05, 3.63) is 28.3 Å². The van der Waals surface area contributed by atoms with E-state index in [1.54, 1.807) is 0 Å². The molecule has 1 aromatic rings. The number of nitrogens with zero attached hydrogens (tertiary/aromatic N) is 1. The van der Waals surface area contributed by atoms with E-state index < -0.39 is 0 Å². The van der Waals surface area contributed by atoms with E-state index in [2.05, 4.69) is 21.4 Å². The van der Waals surface area contributed by atoms with Gasteiger partial charge < -0.3 is 15.5 Å². The van der Waals surface area contributed by atoms with E-state index >= 15 is 0 Å². The Morgan fingerprint density at radius 3 is 2.52 bits per heavy atom. The highest BCUT2D eigenvalue weighted by Crippen LogP contribution is 2.38. The molecule has 2 aliphatic carbocycles. The maximum absolute atomic E-state index is 12.6. The molecule has 1 unspecified atom stereocenters. The first-order chi connectivity index (χ1) is 13.2. The van der Waals surface area contributed by atoms with Gasteiger partial charge in [-0.2, -0.15) is 0 Å². The SMILES string of the molecule is CCNC(=O)N1CCC(SNC(=O)Nc2c3c(cc4c2CCC4)CCC3)C1. The Kier molecular flexibility index (Phi) is 5.48. The summed E-state index contributed by atoms with van der Waals surface area (Å²) in [5, 5.41) is 6.23. The number of rotatable bonds is 4. The molecule has 1 aromatic carbocycles. The summed E-state index contributed by atoms with van der Waals surface area (Å²) in [6.45, 7) is 3.97. The second-order valence-corrected chi connectivity index (χ2v) is 8.71. The topological polar surface area (TPSA) is 73.5 Å². The van der Waals surface area contributed by atoms with Crippen LogP contribution in [-0.4, -0.2) is 41.8 Å². The Labute approximate surface area is 165 Å². The highest BCUT2D eigenvalue weighted by atomic mass is 32.2. The van der Waals surface area contributed by atoms with Crippen LogP contribution in [0.25, 0.3) is 0 Å². The largest absolute Gasteiger partial charge is 0.338 e. The molecule has 1 aliphatic heterocycles. The zero-order chi connectivity index (χ0) is 18.8. The fourth-order valence-corrected chi connectivity index (χ4v) is 5.32. The summed E-state index contributed by atoms with van der Waals surface area (Å²) < 4.78 is 2.96. The van der Waals surface area contributed by atoms with Crippen LogP contribution in [0.15, 0.2) is 6.07 Å². The zero-order valence-corrected chi connectivity index (χ0v) is 16.7. The van der Waals surface area contributed by atoms with Crippen molar-refractivity contribution in [1.82, 2.24) is 14.9 Å². The number of amides is 4. The van der Waals surface area contributed by atoms with Gasteiger partial charge in [0.1, 0.15) is 0 Å². The molecule has 4 amide bonds. The molecule has 0 spiro atoms. The lowest BCUT2D eigenvalue weighted by molar-refractivity contribution is 0.209. The van der Waals surface area contributed by atoms with Gasteiger partial charge >= 0.3 is 12.1 Å². The highest BCUT2D eigenvalue weighted by Gasteiger charge is 2.28. The molecule has 0 aromatic heterocycles. The van der Waals surface area contributed by atoms with Crippen LogP contribution >= 0.6 is 11.9 Å². The van der Waals surface area contributed by atoms with Gasteiger partial charge in [0.25, 0.3) is 0 Å².